The molecular formula is C17H25N3O2. The number of piperazine rings is 1. The quantitative estimate of drug-likeness (QED) is 0.822. The first-order chi connectivity index (χ1) is 10.6. The van der Waals surface area contributed by atoms with Gasteiger partial charge in [-0.2, -0.15) is 0 Å². The van der Waals surface area contributed by atoms with Crippen molar-refractivity contribution in [2.45, 2.75) is 25.8 Å². The molecule has 1 saturated heterocycles. The van der Waals surface area contributed by atoms with Gasteiger partial charge in [-0.3, -0.25) is 14.5 Å². The molecule has 1 atom stereocenters. The van der Waals surface area contributed by atoms with E-state index in [1.165, 1.54) is 5.56 Å². The number of aryl methyl sites for hydroxylation is 1. The van der Waals surface area contributed by atoms with Gasteiger partial charge in [0.25, 0.3) is 0 Å². The van der Waals surface area contributed by atoms with E-state index < -0.39 is 0 Å². The van der Waals surface area contributed by atoms with Gasteiger partial charge in [0.2, 0.25) is 11.8 Å². The Morgan fingerprint density at radius 1 is 1.23 bits per heavy atom. The van der Waals surface area contributed by atoms with Gasteiger partial charge in [-0.05, 0) is 25.5 Å². The summed E-state index contributed by atoms with van der Waals surface area (Å²) in [5.41, 5.74) is 1.29. The summed E-state index contributed by atoms with van der Waals surface area (Å²) < 4.78 is 0. The highest BCUT2D eigenvalue weighted by atomic mass is 16.2. The van der Waals surface area contributed by atoms with E-state index in [-0.39, 0.29) is 17.9 Å². The molecule has 0 aliphatic carbocycles. The van der Waals surface area contributed by atoms with Crippen molar-refractivity contribution in [3.63, 3.8) is 0 Å². The van der Waals surface area contributed by atoms with Crippen LogP contribution in [0.3, 0.4) is 0 Å². The van der Waals surface area contributed by atoms with Crippen LogP contribution in [0.25, 0.3) is 0 Å². The minimum absolute atomic E-state index is 0.0153. The third-order valence-corrected chi connectivity index (χ3v) is 4.18. The second-order valence-corrected chi connectivity index (χ2v) is 5.84. The van der Waals surface area contributed by atoms with Crippen LogP contribution in [-0.4, -0.2) is 60.9 Å². The van der Waals surface area contributed by atoms with Gasteiger partial charge in [0.1, 0.15) is 6.04 Å². The molecule has 1 aliphatic heterocycles. The molecule has 1 aromatic carbocycles. The van der Waals surface area contributed by atoms with E-state index in [2.05, 4.69) is 17.4 Å². The van der Waals surface area contributed by atoms with E-state index in [1.807, 2.05) is 30.1 Å². The number of amides is 2. The van der Waals surface area contributed by atoms with Crippen molar-refractivity contribution in [1.82, 2.24) is 15.1 Å². The fraction of sp³-hybridized carbons (Fsp3) is 0.529. The number of benzene rings is 1. The summed E-state index contributed by atoms with van der Waals surface area (Å²) in [6.07, 6.45) is 1.88. The molecule has 0 aromatic heterocycles. The maximum atomic E-state index is 12.3. The lowest BCUT2D eigenvalue weighted by molar-refractivity contribution is -0.135. The van der Waals surface area contributed by atoms with Crippen molar-refractivity contribution < 1.29 is 9.59 Å². The van der Waals surface area contributed by atoms with E-state index in [9.17, 15) is 9.59 Å². The Labute approximate surface area is 132 Å². The number of hydrogen-bond acceptors (Lipinski definition) is 3. The predicted octanol–water partition coefficient (Wildman–Crippen LogP) is 0.898. The molecule has 1 fully saturated rings. The Balaban J connectivity index is 1.75. The largest absolute Gasteiger partial charge is 0.355 e. The summed E-state index contributed by atoms with van der Waals surface area (Å²) in [5, 5.41) is 2.99. The average Bonchev–Trinajstić information content (AvgIpc) is 2.52. The molecule has 5 heteroatoms. The maximum absolute atomic E-state index is 12.3. The van der Waals surface area contributed by atoms with Crippen LogP contribution in [0.2, 0.25) is 0 Å². The lowest BCUT2D eigenvalue weighted by atomic mass is 10.1. The first-order valence-corrected chi connectivity index (χ1v) is 7.85. The van der Waals surface area contributed by atoms with E-state index in [1.54, 1.807) is 11.8 Å². The molecule has 0 saturated carbocycles. The molecule has 1 heterocycles. The molecule has 0 unspecified atom stereocenters. The smallest absolute Gasteiger partial charge is 0.239 e. The summed E-state index contributed by atoms with van der Waals surface area (Å²) in [5.74, 6) is 0.0523. The molecule has 0 radical (unpaired) electrons. The summed E-state index contributed by atoms with van der Waals surface area (Å²) in [7, 11) is 1.94. The van der Waals surface area contributed by atoms with E-state index in [4.69, 9.17) is 0 Å². The fourth-order valence-corrected chi connectivity index (χ4v) is 2.71. The SMILES string of the molecule is CC(=O)N1CCN(C)[C@@H](C(=O)NCCCc2ccccc2)C1. The van der Waals surface area contributed by atoms with Gasteiger partial charge in [0.15, 0.2) is 0 Å². The number of carbonyl (C=O) groups excluding carboxylic acids is 2. The topological polar surface area (TPSA) is 52.7 Å². The molecule has 0 bridgehead atoms. The van der Waals surface area contributed by atoms with Crippen LogP contribution in [0.4, 0.5) is 0 Å². The van der Waals surface area contributed by atoms with Gasteiger partial charge in [-0.25, -0.2) is 0 Å². The molecule has 22 heavy (non-hydrogen) atoms. The van der Waals surface area contributed by atoms with Crippen molar-refractivity contribution in [1.29, 1.82) is 0 Å². The fourth-order valence-electron chi connectivity index (χ4n) is 2.71. The third kappa shape index (κ3) is 4.56. The zero-order chi connectivity index (χ0) is 15.9. The van der Waals surface area contributed by atoms with Crippen LogP contribution in [0.1, 0.15) is 18.9 Å². The number of carbonyl (C=O) groups is 2. The van der Waals surface area contributed by atoms with Gasteiger partial charge in [0.05, 0.1) is 0 Å². The van der Waals surface area contributed by atoms with E-state index in [0.29, 0.717) is 19.6 Å². The predicted molar refractivity (Wildman–Crippen MR) is 86.4 cm³/mol. The monoisotopic (exact) mass is 303 g/mol. The molecule has 2 rings (SSSR count). The van der Waals surface area contributed by atoms with E-state index in [0.717, 1.165) is 19.4 Å². The second-order valence-electron chi connectivity index (χ2n) is 5.84. The minimum atomic E-state index is -0.241. The minimum Gasteiger partial charge on any atom is -0.355 e. The Kier molecular flexibility index (Phi) is 5.95. The van der Waals surface area contributed by atoms with Gasteiger partial charge in [0, 0.05) is 33.1 Å². The molecule has 5 nitrogen and oxygen atoms in total. The van der Waals surface area contributed by atoms with Crippen molar-refractivity contribution in [2.75, 3.05) is 33.2 Å². The van der Waals surface area contributed by atoms with Crippen LogP contribution in [0, 0.1) is 0 Å². The van der Waals surface area contributed by atoms with Crippen LogP contribution in [0.15, 0.2) is 30.3 Å². The summed E-state index contributed by atoms with van der Waals surface area (Å²) >= 11 is 0. The van der Waals surface area contributed by atoms with Crippen molar-refractivity contribution in [3.8, 4) is 0 Å². The van der Waals surface area contributed by atoms with Crippen LogP contribution in [-0.2, 0) is 16.0 Å². The molecule has 2 amide bonds. The molecular weight excluding hydrogens is 278 g/mol. The van der Waals surface area contributed by atoms with Crippen LogP contribution in [0.5, 0.6) is 0 Å². The summed E-state index contributed by atoms with van der Waals surface area (Å²) in [6, 6.07) is 10.0. The second kappa shape index (κ2) is 7.94. The Morgan fingerprint density at radius 2 is 1.95 bits per heavy atom. The number of nitrogens with one attached hydrogen (secondary N) is 1. The normalized spacial score (nSPS) is 19.0. The zero-order valence-electron chi connectivity index (χ0n) is 13.4. The highest BCUT2D eigenvalue weighted by molar-refractivity contribution is 5.83. The first-order valence-electron chi connectivity index (χ1n) is 7.85. The van der Waals surface area contributed by atoms with Crippen LogP contribution >= 0.6 is 0 Å². The van der Waals surface area contributed by atoms with Gasteiger partial charge in [-0.1, -0.05) is 30.3 Å². The molecule has 120 valence electrons. The van der Waals surface area contributed by atoms with Crippen LogP contribution < -0.4 is 5.32 Å². The zero-order valence-corrected chi connectivity index (χ0v) is 13.4. The van der Waals surface area contributed by atoms with Crippen molar-refractivity contribution in [2.24, 2.45) is 0 Å². The Morgan fingerprint density at radius 3 is 2.64 bits per heavy atom. The van der Waals surface area contributed by atoms with Crippen molar-refractivity contribution >= 4 is 11.8 Å². The lowest BCUT2D eigenvalue weighted by Crippen LogP contribution is -2.58. The molecule has 1 aliphatic rings. The summed E-state index contributed by atoms with van der Waals surface area (Å²) in [4.78, 5) is 27.5. The molecule has 1 aromatic rings. The van der Waals surface area contributed by atoms with Crippen molar-refractivity contribution in [3.05, 3.63) is 35.9 Å². The van der Waals surface area contributed by atoms with E-state index >= 15 is 0 Å². The lowest BCUT2D eigenvalue weighted by Gasteiger charge is -2.38. The summed E-state index contributed by atoms with van der Waals surface area (Å²) in [6.45, 7) is 4.14. The number of rotatable bonds is 5. The van der Waals surface area contributed by atoms with Gasteiger partial charge >= 0.3 is 0 Å². The Bertz CT molecular complexity index is 504. The number of hydrogen-bond donors (Lipinski definition) is 1. The Hall–Kier alpha value is -1.88. The van der Waals surface area contributed by atoms with Gasteiger partial charge in [-0.15, -0.1) is 0 Å². The third-order valence-electron chi connectivity index (χ3n) is 4.18. The highest BCUT2D eigenvalue weighted by Crippen LogP contribution is 2.08. The molecule has 1 N–H and O–H groups in total. The average molecular weight is 303 g/mol. The highest BCUT2D eigenvalue weighted by Gasteiger charge is 2.30. The number of nitrogens with zero attached hydrogens (tertiary/aromatic N) is 2. The standard InChI is InChI=1S/C17H25N3O2/c1-14(21)20-12-11-19(2)16(13-20)17(22)18-10-6-9-15-7-4-3-5-8-15/h3-5,7-8,16H,6,9-13H2,1-2H3,(H,18,22)/t16-/m1/s1. The number of likely N-dealkylation sites (N-methyl/N-ethyl adjacent to an activating group) is 1. The first kappa shape index (κ1) is 16.5. The van der Waals surface area contributed by atoms with Gasteiger partial charge < -0.3 is 10.2 Å². The molecule has 0 spiro atoms. The maximum Gasteiger partial charge on any atom is 0.239 e.